The van der Waals surface area contributed by atoms with Gasteiger partial charge in [-0.3, -0.25) is 9.78 Å². The molecule has 0 spiro atoms. The van der Waals surface area contributed by atoms with Gasteiger partial charge in [0.15, 0.2) is 0 Å². The van der Waals surface area contributed by atoms with E-state index in [0.29, 0.717) is 13.0 Å². The van der Waals surface area contributed by atoms with E-state index in [-0.39, 0.29) is 0 Å². The molecule has 1 unspecified atom stereocenters. The monoisotopic (exact) mass is 285 g/mol. The molecule has 110 valence electrons. The molecule has 0 aliphatic carbocycles. The standard InChI is InChI=1S/C16H19N3O2/c1-16(18,15(17)20)10-12-2-4-13(5-3-12)11-21-14-6-8-19-9-7-14/h2-9H,10-11,18H2,1H3,(H2,17,20). The van der Waals surface area contributed by atoms with Crippen LogP contribution in [0.25, 0.3) is 0 Å². The number of rotatable bonds is 6. The Kier molecular flexibility index (Phi) is 4.55. The molecule has 0 saturated heterocycles. The Hall–Kier alpha value is -2.40. The molecular formula is C16H19N3O2. The van der Waals surface area contributed by atoms with Gasteiger partial charge < -0.3 is 16.2 Å². The molecule has 2 aromatic rings. The highest BCUT2D eigenvalue weighted by atomic mass is 16.5. The van der Waals surface area contributed by atoms with E-state index >= 15 is 0 Å². The summed E-state index contributed by atoms with van der Waals surface area (Å²) in [4.78, 5) is 15.2. The van der Waals surface area contributed by atoms with E-state index in [1.807, 2.05) is 24.3 Å². The number of benzene rings is 1. The topological polar surface area (TPSA) is 91.2 Å². The molecule has 4 N–H and O–H groups in total. The number of aromatic nitrogens is 1. The number of amides is 1. The SMILES string of the molecule is CC(N)(Cc1ccc(COc2ccncc2)cc1)C(N)=O. The van der Waals surface area contributed by atoms with E-state index in [2.05, 4.69) is 4.98 Å². The zero-order chi connectivity index (χ0) is 15.3. The van der Waals surface area contributed by atoms with Crippen molar-refractivity contribution in [2.45, 2.75) is 25.5 Å². The highest BCUT2D eigenvalue weighted by molar-refractivity contribution is 5.84. The first-order valence-corrected chi connectivity index (χ1v) is 6.67. The first-order valence-electron chi connectivity index (χ1n) is 6.67. The fraction of sp³-hybridized carbons (Fsp3) is 0.250. The summed E-state index contributed by atoms with van der Waals surface area (Å²) in [5.41, 5.74) is 12.1. The summed E-state index contributed by atoms with van der Waals surface area (Å²) in [6, 6.07) is 11.4. The van der Waals surface area contributed by atoms with Gasteiger partial charge in [0.2, 0.25) is 5.91 Å². The second kappa shape index (κ2) is 6.37. The van der Waals surface area contributed by atoms with Crippen molar-refractivity contribution in [3.63, 3.8) is 0 Å². The second-order valence-corrected chi connectivity index (χ2v) is 5.25. The van der Waals surface area contributed by atoms with Crippen LogP contribution in [-0.4, -0.2) is 16.4 Å². The lowest BCUT2D eigenvalue weighted by Crippen LogP contribution is -2.51. The summed E-state index contributed by atoms with van der Waals surface area (Å²) in [5, 5.41) is 0. The number of ether oxygens (including phenoxy) is 1. The second-order valence-electron chi connectivity index (χ2n) is 5.25. The molecule has 0 saturated carbocycles. The number of carbonyl (C=O) groups is 1. The van der Waals surface area contributed by atoms with Crippen LogP contribution in [0.3, 0.4) is 0 Å². The maximum Gasteiger partial charge on any atom is 0.237 e. The van der Waals surface area contributed by atoms with E-state index in [1.54, 1.807) is 31.5 Å². The molecule has 1 heterocycles. The van der Waals surface area contributed by atoms with Gasteiger partial charge in [0.1, 0.15) is 12.4 Å². The van der Waals surface area contributed by atoms with E-state index < -0.39 is 11.4 Å². The molecule has 5 heteroatoms. The van der Waals surface area contributed by atoms with Gasteiger partial charge in [-0.25, -0.2) is 0 Å². The van der Waals surface area contributed by atoms with Crippen molar-refractivity contribution in [1.29, 1.82) is 0 Å². The Morgan fingerprint density at radius 1 is 1.14 bits per heavy atom. The molecule has 0 radical (unpaired) electrons. The number of hydrogen-bond acceptors (Lipinski definition) is 4. The number of nitrogens with two attached hydrogens (primary N) is 2. The molecule has 1 amide bonds. The highest BCUT2D eigenvalue weighted by Crippen LogP contribution is 2.14. The molecule has 1 aromatic heterocycles. The van der Waals surface area contributed by atoms with Gasteiger partial charge >= 0.3 is 0 Å². The normalized spacial score (nSPS) is 13.4. The quantitative estimate of drug-likeness (QED) is 0.839. The van der Waals surface area contributed by atoms with Crippen molar-refractivity contribution in [1.82, 2.24) is 4.98 Å². The number of hydrogen-bond donors (Lipinski definition) is 2. The average Bonchev–Trinajstić information content (AvgIpc) is 2.47. The first-order chi connectivity index (χ1) is 9.97. The minimum absolute atomic E-state index is 0.411. The highest BCUT2D eigenvalue weighted by Gasteiger charge is 2.25. The summed E-state index contributed by atoms with van der Waals surface area (Å²) in [7, 11) is 0. The Labute approximate surface area is 123 Å². The molecule has 0 fully saturated rings. The first kappa shape index (κ1) is 15.0. The molecule has 0 aliphatic heterocycles. The van der Waals surface area contributed by atoms with Crippen LogP contribution in [0.2, 0.25) is 0 Å². The van der Waals surface area contributed by atoms with Crippen LogP contribution in [0.15, 0.2) is 48.8 Å². The van der Waals surface area contributed by atoms with Gasteiger partial charge in [-0.15, -0.1) is 0 Å². The van der Waals surface area contributed by atoms with Crippen LogP contribution in [0.5, 0.6) is 5.75 Å². The Bertz CT molecular complexity index is 595. The smallest absolute Gasteiger partial charge is 0.237 e. The zero-order valence-electron chi connectivity index (χ0n) is 12.0. The molecule has 1 aromatic carbocycles. The van der Waals surface area contributed by atoms with Crippen molar-refractivity contribution < 1.29 is 9.53 Å². The molecule has 0 bridgehead atoms. The summed E-state index contributed by atoms with van der Waals surface area (Å²) < 4.78 is 5.63. The summed E-state index contributed by atoms with van der Waals surface area (Å²) >= 11 is 0. The fourth-order valence-corrected chi connectivity index (χ4v) is 1.87. The van der Waals surface area contributed by atoms with Crippen LogP contribution in [0.4, 0.5) is 0 Å². The lowest BCUT2D eigenvalue weighted by atomic mass is 9.93. The largest absolute Gasteiger partial charge is 0.489 e. The number of nitrogens with zero attached hydrogens (tertiary/aromatic N) is 1. The lowest BCUT2D eigenvalue weighted by Gasteiger charge is -2.20. The Morgan fingerprint density at radius 2 is 1.71 bits per heavy atom. The van der Waals surface area contributed by atoms with Crippen LogP contribution in [-0.2, 0) is 17.8 Å². The van der Waals surface area contributed by atoms with Crippen LogP contribution in [0.1, 0.15) is 18.1 Å². The summed E-state index contributed by atoms with van der Waals surface area (Å²) in [6.07, 6.45) is 3.78. The van der Waals surface area contributed by atoms with Gasteiger partial charge in [-0.2, -0.15) is 0 Å². The summed E-state index contributed by atoms with van der Waals surface area (Å²) in [5.74, 6) is 0.268. The molecular weight excluding hydrogens is 266 g/mol. The zero-order valence-corrected chi connectivity index (χ0v) is 12.0. The predicted octanol–water partition coefficient (Wildman–Crippen LogP) is 1.41. The molecule has 1 atom stereocenters. The van der Waals surface area contributed by atoms with Crippen molar-refractivity contribution >= 4 is 5.91 Å². The average molecular weight is 285 g/mol. The third-order valence-electron chi connectivity index (χ3n) is 3.21. The van der Waals surface area contributed by atoms with Crippen LogP contribution in [0, 0.1) is 0 Å². The molecule has 5 nitrogen and oxygen atoms in total. The Balaban J connectivity index is 1.95. The third-order valence-corrected chi connectivity index (χ3v) is 3.21. The minimum Gasteiger partial charge on any atom is -0.489 e. The minimum atomic E-state index is -1.03. The molecule has 21 heavy (non-hydrogen) atoms. The number of pyridine rings is 1. The van der Waals surface area contributed by atoms with Crippen molar-refractivity contribution in [3.05, 3.63) is 59.9 Å². The molecule has 2 rings (SSSR count). The number of primary amides is 1. The van der Waals surface area contributed by atoms with Crippen LogP contribution < -0.4 is 16.2 Å². The number of carbonyl (C=O) groups excluding carboxylic acids is 1. The van der Waals surface area contributed by atoms with Crippen molar-refractivity contribution in [2.75, 3.05) is 0 Å². The van der Waals surface area contributed by atoms with Gasteiger partial charge in [0, 0.05) is 12.4 Å². The van der Waals surface area contributed by atoms with Gasteiger partial charge in [-0.1, -0.05) is 24.3 Å². The fourth-order valence-electron chi connectivity index (χ4n) is 1.87. The molecule has 0 aliphatic rings. The summed E-state index contributed by atoms with van der Waals surface area (Å²) in [6.45, 7) is 2.11. The van der Waals surface area contributed by atoms with E-state index in [9.17, 15) is 4.79 Å². The van der Waals surface area contributed by atoms with E-state index in [1.165, 1.54) is 0 Å². The van der Waals surface area contributed by atoms with Crippen molar-refractivity contribution in [3.8, 4) is 5.75 Å². The van der Waals surface area contributed by atoms with Crippen molar-refractivity contribution in [2.24, 2.45) is 11.5 Å². The maximum absolute atomic E-state index is 11.2. The van der Waals surface area contributed by atoms with E-state index in [4.69, 9.17) is 16.2 Å². The predicted molar refractivity (Wildman–Crippen MR) is 80.5 cm³/mol. The van der Waals surface area contributed by atoms with Crippen LogP contribution >= 0.6 is 0 Å². The van der Waals surface area contributed by atoms with Gasteiger partial charge in [-0.05, 0) is 36.6 Å². The maximum atomic E-state index is 11.2. The van der Waals surface area contributed by atoms with Gasteiger partial charge in [0.05, 0.1) is 5.54 Å². The third kappa shape index (κ3) is 4.29. The lowest BCUT2D eigenvalue weighted by molar-refractivity contribution is -0.122. The van der Waals surface area contributed by atoms with Gasteiger partial charge in [0.25, 0.3) is 0 Å². The Morgan fingerprint density at radius 3 is 2.29 bits per heavy atom. The van der Waals surface area contributed by atoms with E-state index in [0.717, 1.165) is 16.9 Å².